The molecule has 0 aromatic carbocycles. The lowest BCUT2D eigenvalue weighted by Crippen LogP contribution is -1.96. The monoisotopic (exact) mass is 286 g/mol. The highest BCUT2D eigenvalue weighted by Gasteiger charge is 1.97. The van der Waals surface area contributed by atoms with Crippen molar-refractivity contribution >= 4 is 5.97 Å². The Morgan fingerprint density at radius 3 is 1.70 bits per heavy atom. The van der Waals surface area contributed by atoms with Gasteiger partial charge in [-0.15, -0.1) is 0 Å². The Balaban J connectivity index is 2.94. The molecule has 0 aromatic rings. The van der Waals surface area contributed by atoms with Gasteiger partial charge in [-0.2, -0.15) is 0 Å². The zero-order valence-electron chi connectivity index (χ0n) is 13.4. The number of carboxylic acid groups (broad SMARTS) is 1. The maximum atomic E-state index is 10.3. The fourth-order valence-electron chi connectivity index (χ4n) is 2.27. The van der Waals surface area contributed by atoms with Gasteiger partial charge in [0.05, 0.1) is 0 Å². The van der Waals surface area contributed by atoms with E-state index in [1.807, 2.05) is 0 Å². The highest BCUT2D eigenvalue weighted by Crippen LogP contribution is 2.10. The summed E-state index contributed by atoms with van der Waals surface area (Å²) in [5.74, 6) is -0.665. The molecule has 1 N–H and O–H groups in total. The summed E-state index contributed by atoms with van der Waals surface area (Å²) in [5, 5.41) is 8.51. The number of aliphatic carboxylic acids is 1. The molecule has 0 fully saturated rings. The quantitative estimate of drug-likeness (QED) is 0.398. The second-order valence-corrected chi connectivity index (χ2v) is 5.65. The maximum Gasteiger partial charge on any atom is 0.303 e. The molecule has 0 aliphatic heterocycles. The van der Waals surface area contributed by atoms with E-state index in [2.05, 4.69) is 6.92 Å². The van der Waals surface area contributed by atoms with Crippen LogP contribution in [0.25, 0.3) is 0 Å². The summed E-state index contributed by atoms with van der Waals surface area (Å²) in [6.45, 7) is 4.08. The van der Waals surface area contributed by atoms with Crippen LogP contribution in [0.3, 0.4) is 0 Å². The number of carbonyl (C=O) groups is 1. The minimum atomic E-state index is -0.665. The van der Waals surface area contributed by atoms with Gasteiger partial charge in [-0.1, -0.05) is 64.7 Å². The normalized spacial score (nSPS) is 10.8. The third-order valence-corrected chi connectivity index (χ3v) is 3.57. The standard InChI is InChI=1S/C17H34O3/c1-2-3-12-15-20-16-13-10-8-6-4-5-7-9-11-14-17(18)19/h2-16H2,1H3,(H,18,19). The molecule has 0 aliphatic carbocycles. The van der Waals surface area contributed by atoms with Crippen LogP contribution in [-0.2, 0) is 9.53 Å². The largest absolute Gasteiger partial charge is 0.481 e. The van der Waals surface area contributed by atoms with E-state index in [0.717, 1.165) is 26.1 Å². The molecular formula is C17H34O3. The number of hydrogen-bond acceptors (Lipinski definition) is 2. The topological polar surface area (TPSA) is 46.5 Å². The van der Waals surface area contributed by atoms with Gasteiger partial charge < -0.3 is 9.84 Å². The van der Waals surface area contributed by atoms with E-state index in [1.54, 1.807) is 0 Å². The molecular weight excluding hydrogens is 252 g/mol. The third kappa shape index (κ3) is 17.4. The van der Waals surface area contributed by atoms with E-state index in [4.69, 9.17) is 9.84 Å². The van der Waals surface area contributed by atoms with Crippen LogP contribution in [0, 0.1) is 0 Å². The molecule has 3 heteroatoms. The Labute approximate surface area is 125 Å². The number of unbranched alkanes of at least 4 members (excludes halogenated alkanes) is 10. The fourth-order valence-corrected chi connectivity index (χ4v) is 2.27. The van der Waals surface area contributed by atoms with Crippen molar-refractivity contribution in [3.05, 3.63) is 0 Å². The Kier molecular flexibility index (Phi) is 16.0. The molecule has 0 unspecified atom stereocenters. The summed E-state index contributed by atoms with van der Waals surface area (Å²) in [5.41, 5.74) is 0. The minimum absolute atomic E-state index is 0.332. The van der Waals surface area contributed by atoms with Crippen LogP contribution in [0.4, 0.5) is 0 Å². The van der Waals surface area contributed by atoms with Crippen molar-refractivity contribution < 1.29 is 14.6 Å². The van der Waals surface area contributed by atoms with E-state index in [9.17, 15) is 4.79 Å². The van der Waals surface area contributed by atoms with Gasteiger partial charge in [0.1, 0.15) is 0 Å². The first kappa shape index (κ1) is 19.4. The van der Waals surface area contributed by atoms with Crippen LogP contribution in [-0.4, -0.2) is 24.3 Å². The Morgan fingerprint density at radius 1 is 0.750 bits per heavy atom. The summed E-state index contributed by atoms with van der Waals surface area (Å²) < 4.78 is 5.58. The lowest BCUT2D eigenvalue weighted by atomic mass is 10.1. The van der Waals surface area contributed by atoms with Gasteiger partial charge in [-0.3, -0.25) is 4.79 Å². The highest BCUT2D eigenvalue weighted by atomic mass is 16.5. The molecule has 0 heterocycles. The van der Waals surface area contributed by atoms with Gasteiger partial charge in [-0.05, 0) is 19.3 Å². The molecule has 0 atom stereocenters. The maximum absolute atomic E-state index is 10.3. The molecule has 20 heavy (non-hydrogen) atoms. The molecule has 0 saturated carbocycles. The van der Waals surface area contributed by atoms with Crippen LogP contribution >= 0.6 is 0 Å². The molecule has 0 aliphatic rings. The van der Waals surface area contributed by atoms with E-state index >= 15 is 0 Å². The lowest BCUT2D eigenvalue weighted by molar-refractivity contribution is -0.137. The van der Waals surface area contributed by atoms with Crippen molar-refractivity contribution in [1.29, 1.82) is 0 Å². The van der Waals surface area contributed by atoms with Crippen LogP contribution in [0.2, 0.25) is 0 Å². The minimum Gasteiger partial charge on any atom is -0.481 e. The van der Waals surface area contributed by atoms with Crippen molar-refractivity contribution in [2.24, 2.45) is 0 Å². The predicted octanol–water partition coefficient (Wildman–Crippen LogP) is 5.18. The van der Waals surface area contributed by atoms with Crippen molar-refractivity contribution in [2.75, 3.05) is 13.2 Å². The zero-order chi connectivity index (χ0) is 14.9. The SMILES string of the molecule is CCCCCOCCCCCCCCCCCC(=O)O. The number of ether oxygens (including phenoxy) is 1. The smallest absolute Gasteiger partial charge is 0.303 e. The molecule has 0 rings (SSSR count). The van der Waals surface area contributed by atoms with E-state index in [-0.39, 0.29) is 0 Å². The van der Waals surface area contributed by atoms with Gasteiger partial charge in [-0.25, -0.2) is 0 Å². The summed E-state index contributed by atoms with van der Waals surface area (Å²) in [6, 6.07) is 0. The third-order valence-electron chi connectivity index (χ3n) is 3.57. The molecule has 0 aromatic heterocycles. The Bertz CT molecular complexity index is 204. The Morgan fingerprint density at radius 2 is 1.20 bits per heavy atom. The van der Waals surface area contributed by atoms with Crippen LogP contribution in [0.5, 0.6) is 0 Å². The molecule has 3 nitrogen and oxygen atoms in total. The number of carboxylic acids is 1. The van der Waals surface area contributed by atoms with E-state index < -0.39 is 5.97 Å². The van der Waals surface area contributed by atoms with Gasteiger partial charge in [0.15, 0.2) is 0 Å². The molecule has 0 spiro atoms. The summed E-state index contributed by atoms with van der Waals surface area (Å²) in [4.78, 5) is 10.3. The van der Waals surface area contributed by atoms with E-state index in [0.29, 0.717) is 6.42 Å². The van der Waals surface area contributed by atoms with E-state index in [1.165, 1.54) is 64.2 Å². The summed E-state index contributed by atoms with van der Waals surface area (Å²) in [7, 11) is 0. The summed E-state index contributed by atoms with van der Waals surface area (Å²) in [6.07, 6.45) is 14.8. The van der Waals surface area contributed by atoms with Gasteiger partial charge >= 0.3 is 5.97 Å². The molecule has 120 valence electrons. The number of hydrogen-bond donors (Lipinski definition) is 1. The molecule has 0 saturated heterocycles. The first-order chi connectivity index (χ1) is 9.77. The van der Waals surface area contributed by atoms with Crippen molar-refractivity contribution in [1.82, 2.24) is 0 Å². The second-order valence-electron chi connectivity index (χ2n) is 5.65. The predicted molar refractivity (Wildman–Crippen MR) is 84.1 cm³/mol. The number of rotatable bonds is 16. The molecule has 0 bridgehead atoms. The van der Waals surface area contributed by atoms with Crippen molar-refractivity contribution in [3.63, 3.8) is 0 Å². The highest BCUT2D eigenvalue weighted by molar-refractivity contribution is 5.66. The van der Waals surface area contributed by atoms with Gasteiger partial charge in [0, 0.05) is 19.6 Å². The van der Waals surface area contributed by atoms with Crippen molar-refractivity contribution in [3.8, 4) is 0 Å². The first-order valence-electron chi connectivity index (χ1n) is 8.57. The van der Waals surface area contributed by atoms with Crippen LogP contribution in [0.15, 0.2) is 0 Å². The van der Waals surface area contributed by atoms with Gasteiger partial charge in [0.2, 0.25) is 0 Å². The van der Waals surface area contributed by atoms with Crippen molar-refractivity contribution in [2.45, 2.75) is 90.4 Å². The Hall–Kier alpha value is -0.570. The average molecular weight is 286 g/mol. The summed E-state index contributed by atoms with van der Waals surface area (Å²) >= 11 is 0. The lowest BCUT2D eigenvalue weighted by Gasteiger charge is -2.04. The van der Waals surface area contributed by atoms with Gasteiger partial charge in [0.25, 0.3) is 0 Å². The van der Waals surface area contributed by atoms with Crippen LogP contribution < -0.4 is 0 Å². The molecule has 0 radical (unpaired) electrons. The fraction of sp³-hybridized carbons (Fsp3) is 0.941. The zero-order valence-corrected chi connectivity index (χ0v) is 13.4. The van der Waals surface area contributed by atoms with Crippen LogP contribution in [0.1, 0.15) is 90.4 Å². The first-order valence-corrected chi connectivity index (χ1v) is 8.57. The second kappa shape index (κ2) is 16.5. The molecule has 0 amide bonds. The average Bonchev–Trinajstić information content (AvgIpc) is 2.43.